The molecular formula is C24H32N6O2. The molecule has 2 aromatic rings. The van der Waals surface area contributed by atoms with E-state index in [1.54, 1.807) is 4.52 Å². The van der Waals surface area contributed by atoms with Crippen molar-refractivity contribution in [3.63, 3.8) is 0 Å². The number of carbonyl (C=O) groups excluding carboxylic acids is 2. The highest BCUT2D eigenvalue weighted by molar-refractivity contribution is 5.79. The van der Waals surface area contributed by atoms with Gasteiger partial charge in [0.2, 0.25) is 11.8 Å². The molecule has 0 spiro atoms. The Kier molecular flexibility index (Phi) is 6.73. The summed E-state index contributed by atoms with van der Waals surface area (Å²) in [6, 6.07) is 2.30. The van der Waals surface area contributed by atoms with Crippen molar-refractivity contribution in [1.82, 2.24) is 24.8 Å². The number of aryl methyl sites for hydroxylation is 2. The number of fused-ring (bicyclic) bond motifs is 1. The first kappa shape index (κ1) is 22.3. The van der Waals surface area contributed by atoms with E-state index < -0.39 is 0 Å². The molecule has 1 aliphatic carbocycles. The predicted octanol–water partition coefficient (Wildman–Crippen LogP) is 2.84. The van der Waals surface area contributed by atoms with E-state index in [4.69, 9.17) is 0 Å². The average Bonchev–Trinajstić information content (AvgIpc) is 3.22. The maximum Gasteiger partial charge on any atom is 0.223 e. The van der Waals surface area contributed by atoms with Gasteiger partial charge in [-0.05, 0) is 51.5 Å². The van der Waals surface area contributed by atoms with E-state index in [0.29, 0.717) is 37.1 Å². The zero-order chi connectivity index (χ0) is 22.7. The lowest BCUT2D eigenvalue weighted by molar-refractivity contribution is -0.132. The van der Waals surface area contributed by atoms with Gasteiger partial charge >= 0.3 is 0 Å². The highest BCUT2D eigenvalue weighted by Crippen LogP contribution is 2.24. The number of likely N-dealkylation sites (tertiary alicyclic amines) is 1. The first-order chi connectivity index (χ1) is 15.5. The Bertz CT molecular complexity index is 1040. The van der Waals surface area contributed by atoms with Crippen LogP contribution in [0.3, 0.4) is 0 Å². The molecule has 170 valence electrons. The smallest absolute Gasteiger partial charge is 0.223 e. The average molecular weight is 437 g/mol. The molecule has 0 aromatic carbocycles. The summed E-state index contributed by atoms with van der Waals surface area (Å²) in [7, 11) is 0. The second-order valence-corrected chi connectivity index (χ2v) is 9.17. The van der Waals surface area contributed by atoms with Crippen LogP contribution in [-0.2, 0) is 16.0 Å². The Morgan fingerprint density at radius 1 is 1.16 bits per heavy atom. The lowest BCUT2D eigenvalue weighted by atomic mass is 9.88. The third-order valence-electron chi connectivity index (χ3n) is 7.09. The van der Waals surface area contributed by atoms with Crippen LogP contribution in [0, 0.1) is 31.1 Å². The van der Waals surface area contributed by atoms with Crippen molar-refractivity contribution in [2.75, 3.05) is 13.1 Å². The Labute approximate surface area is 189 Å². The van der Waals surface area contributed by atoms with Gasteiger partial charge in [0, 0.05) is 42.9 Å². The summed E-state index contributed by atoms with van der Waals surface area (Å²) in [5.41, 5.74) is 3.79. The number of carbonyl (C=O) groups is 2. The van der Waals surface area contributed by atoms with Crippen LogP contribution in [0.25, 0.3) is 5.65 Å². The Morgan fingerprint density at radius 3 is 2.56 bits per heavy atom. The zero-order valence-electron chi connectivity index (χ0n) is 19.1. The molecule has 3 heterocycles. The summed E-state index contributed by atoms with van der Waals surface area (Å²) in [5.74, 6) is 0.528. The Hall–Kier alpha value is -2.95. The second-order valence-electron chi connectivity index (χ2n) is 9.17. The summed E-state index contributed by atoms with van der Waals surface area (Å²) in [4.78, 5) is 31.8. The fourth-order valence-electron chi connectivity index (χ4n) is 5.10. The van der Waals surface area contributed by atoms with Crippen LogP contribution in [0.1, 0.15) is 73.9 Å². The maximum absolute atomic E-state index is 12.8. The van der Waals surface area contributed by atoms with Crippen molar-refractivity contribution in [3.05, 3.63) is 28.7 Å². The van der Waals surface area contributed by atoms with Crippen LogP contribution < -0.4 is 5.32 Å². The quantitative estimate of drug-likeness (QED) is 0.776. The molecule has 0 bridgehead atoms. The fourth-order valence-corrected chi connectivity index (χ4v) is 5.10. The number of rotatable bonds is 5. The first-order valence-corrected chi connectivity index (χ1v) is 11.8. The van der Waals surface area contributed by atoms with E-state index in [-0.39, 0.29) is 23.8 Å². The van der Waals surface area contributed by atoms with Gasteiger partial charge in [-0.1, -0.05) is 19.3 Å². The highest BCUT2D eigenvalue weighted by atomic mass is 16.2. The summed E-state index contributed by atoms with van der Waals surface area (Å²) < 4.78 is 1.69. The van der Waals surface area contributed by atoms with E-state index in [0.717, 1.165) is 55.5 Å². The topological polar surface area (TPSA) is 103 Å². The molecule has 1 saturated heterocycles. The van der Waals surface area contributed by atoms with Gasteiger partial charge in [-0.3, -0.25) is 9.59 Å². The summed E-state index contributed by atoms with van der Waals surface area (Å²) in [5, 5.41) is 16.7. The molecule has 32 heavy (non-hydrogen) atoms. The van der Waals surface area contributed by atoms with Crippen molar-refractivity contribution in [3.8, 4) is 6.07 Å². The molecule has 0 unspecified atom stereocenters. The van der Waals surface area contributed by atoms with Crippen molar-refractivity contribution in [2.24, 2.45) is 5.92 Å². The number of amides is 2. The standard InChI is InChI=1S/C24H32N6O2/c1-16-21(17(2)30-23(27-16)19(14-25)15-26-30)8-9-22(31)29-12-10-20(11-13-29)28-24(32)18-6-4-3-5-7-18/h15,18,20H,3-13H2,1-2H3,(H,28,32). The molecule has 1 aliphatic heterocycles. The zero-order valence-corrected chi connectivity index (χ0v) is 19.1. The molecule has 0 radical (unpaired) electrons. The Balaban J connectivity index is 1.29. The van der Waals surface area contributed by atoms with E-state index in [2.05, 4.69) is 21.5 Å². The molecule has 1 saturated carbocycles. The minimum Gasteiger partial charge on any atom is -0.353 e. The molecule has 2 amide bonds. The third-order valence-corrected chi connectivity index (χ3v) is 7.09. The van der Waals surface area contributed by atoms with Gasteiger partial charge in [0.1, 0.15) is 11.6 Å². The molecular weight excluding hydrogens is 404 g/mol. The minimum absolute atomic E-state index is 0.138. The van der Waals surface area contributed by atoms with Gasteiger partial charge in [0.25, 0.3) is 0 Å². The van der Waals surface area contributed by atoms with Crippen LogP contribution >= 0.6 is 0 Å². The van der Waals surface area contributed by atoms with Crippen LogP contribution in [-0.4, -0.2) is 50.4 Å². The first-order valence-electron chi connectivity index (χ1n) is 11.8. The largest absolute Gasteiger partial charge is 0.353 e. The number of hydrogen-bond acceptors (Lipinski definition) is 5. The second kappa shape index (κ2) is 9.68. The molecule has 8 nitrogen and oxygen atoms in total. The normalized spacial score (nSPS) is 18.0. The lowest BCUT2D eigenvalue weighted by Gasteiger charge is -2.33. The summed E-state index contributed by atoms with van der Waals surface area (Å²) in [6.45, 7) is 5.25. The monoisotopic (exact) mass is 436 g/mol. The van der Waals surface area contributed by atoms with Crippen molar-refractivity contribution in [1.29, 1.82) is 5.26 Å². The van der Waals surface area contributed by atoms with E-state index in [1.807, 2.05) is 18.7 Å². The van der Waals surface area contributed by atoms with Crippen LogP contribution in [0.5, 0.6) is 0 Å². The highest BCUT2D eigenvalue weighted by Gasteiger charge is 2.27. The molecule has 2 fully saturated rings. The number of nitrogens with one attached hydrogen (secondary N) is 1. The molecule has 4 rings (SSSR count). The number of aromatic nitrogens is 3. The van der Waals surface area contributed by atoms with E-state index in [9.17, 15) is 14.9 Å². The molecule has 1 N–H and O–H groups in total. The lowest BCUT2D eigenvalue weighted by Crippen LogP contribution is -2.48. The number of nitriles is 1. The number of nitrogens with zero attached hydrogens (tertiary/aromatic N) is 5. The van der Waals surface area contributed by atoms with Gasteiger partial charge in [0.05, 0.1) is 6.20 Å². The SMILES string of the molecule is Cc1nc2c(C#N)cnn2c(C)c1CCC(=O)N1CCC(NC(=O)C2CCCCC2)CC1. The summed E-state index contributed by atoms with van der Waals surface area (Å²) >= 11 is 0. The van der Waals surface area contributed by atoms with Crippen LogP contribution in [0.4, 0.5) is 0 Å². The van der Waals surface area contributed by atoms with Gasteiger partial charge in [0.15, 0.2) is 5.65 Å². The molecule has 2 aromatic heterocycles. The fraction of sp³-hybridized carbons (Fsp3) is 0.625. The third kappa shape index (κ3) is 4.62. The molecule has 2 aliphatic rings. The maximum atomic E-state index is 12.8. The van der Waals surface area contributed by atoms with Gasteiger partial charge < -0.3 is 10.2 Å². The minimum atomic E-state index is 0.138. The van der Waals surface area contributed by atoms with Crippen LogP contribution in [0.15, 0.2) is 6.20 Å². The van der Waals surface area contributed by atoms with Crippen LogP contribution in [0.2, 0.25) is 0 Å². The number of hydrogen-bond donors (Lipinski definition) is 1. The Morgan fingerprint density at radius 2 is 1.88 bits per heavy atom. The van der Waals surface area contributed by atoms with Crippen molar-refractivity contribution < 1.29 is 9.59 Å². The molecule has 8 heteroatoms. The van der Waals surface area contributed by atoms with Gasteiger partial charge in [-0.15, -0.1) is 0 Å². The predicted molar refractivity (Wildman–Crippen MR) is 120 cm³/mol. The van der Waals surface area contributed by atoms with E-state index >= 15 is 0 Å². The van der Waals surface area contributed by atoms with Gasteiger partial charge in [-0.2, -0.15) is 10.4 Å². The number of piperidine rings is 1. The van der Waals surface area contributed by atoms with E-state index in [1.165, 1.54) is 12.6 Å². The van der Waals surface area contributed by atoms with Gasteiger partial charge in [-0.25, -0.2) is 9.50 Å². The van der Waals surface area contributed by atoms with Crippen molar-refractivity contribution >= 4 is 17.5 Å². The summed E-state index contributed by atoms with van der Waals surface area (Å²) in [6.07, 6.45) is 9.77. The molecule has 0 atom stereocenters. The van der Waals surface area contributed by atoms with Crippen molar-refractivity contribution in [2.45, 2.75) is 77.7 Å².